The maximum absolute atomic E-state index is 11.1. The Kier molecular flexibility index (Phi) is 14.6. The van der Waals surface area contributed by atoms with Crippen LogP contribution in [-0.2, 0) is 14.6 Å². The van der Waals surface area contributed by atoms with Crippen molar-refractivity contribution in [3.63, 3.8) is 0 Å². The number of guanidine groups is 1. The standard InChI is InChI=1S/C13H30N4O3S.HI/c1-12(6-11-21(5,18)19)16-13(14-2)15-7-8-17(3)9-10-20-4;/h12H,6-11H2,1-5H3,(H2,14,15,16);1H. The molecule has 9 heteroatoms. The third-order valence-corrected chi connectivity index (χ3v) is 3.97. The molecule has 0 aliphatic carbocycles. The van der Waals surface area contributed by atoms with Gasteiger partial charge in [-0.1, -0.05) is 0 Å². The lowest BCUT2D eigenvalue weighted by molar-refractivity contribution is 0.162. The van der Waals surface area contributed by atoms with Crippen LogP contribution in [0, 0.1) is 0 Å². The molecule has 0 aromatic heterocycles. The summed E-state index contributed by atoms with van der Waals surface area (Å²) in [5.74, 6) is 0.869. The second-order valence-corrected chi connectivity index (χ2v) is 7.52. The SMILES string of the molecule is CN=C(NCCN(C)CCOC)NC(C)CCS(C)(=O)=O.I. The van der Waals surface area contributed by atoms with E-state index < -0.39 is 9.84 Å². The Hall–Kier alpha value is -0.130. The molecule has 0 heterocycles. The van der Waals surface area contributed by atoms with Crippen molar-refractivity contribution in [1.29, 1.82) is 0 Å². The summed E-state index contributed by atoms with van der Waals surface area (Å²) in [5.41, 5.74) is 0. The normalized spacial score (nSPS) is 13.6. The van der Waals surface area contributed by atoms with Gasteiger partial charge in [0.25, 0.3) is 0 Å². The van der Waals surface area contributed by atoms with E-state index in [0.717, 1.165) is 19.6 Å². The average molecular weight is 450 g/mol. The molecule has 2 N–H and O–H groups in total. The van der Waals surface area contributed by atoms with Gasteiger partial charge in [-0.3, -0.25) is 4.99 Å². The number of ether oxygens (including phenoxy) is 1. The van der Waals surface area contributed by atoms with E-state index in [-0.39, 0.29) is 35.8 Å². The molecule has 0 amide bonds. The predicted octanol–water partition coefficient (Wildman–Crippen LogP) is 0.171. The van der Waals surface area contributed by atoms with Crippen molar-refractivity contribution in [2.75, 3.05) is 59.5 Å². The molecule has 0 rings (SSSR count). The van der Waals surface area contributed by atoms with Crippen LogP contribution >= 0.6 is 24.0 Å². The van der Waals surface area contributed by atoms with Gasteiger partial charge in [-0.15, -0.1) is 24.0 Å². The minimum Gasteiger partial charge on any atom is -0.383 e. The summed E-state index contributed by atoms with van der Waals surface area (Å²) in [6, 6.07) is 0.0529. The van der Waals surface area contributed by atoms with Gasteiger partial charge < -0.3 is 20.3 Å². The van der Waals surface area contributed by atoms with Crippen molar-refractivity contribution in [3.05, 3.63) is 0 Å². The summed E-state index contributed by atoms with van der Waals surface area (Å²) in [5, 5.41) is 6.40. The number of likely N-dealkylation sites (N-methyl/N-ethyl adjacent to an activating group) is 1. The lowest BCUT2D eigenvalue weighted by Crippen LogP contribution is -2.45. The molecule has 0 saturated heterocycles. The zero-order chi connectivity index (χ0) is 16.3. The van der Waals surface area contributed by atoms with Gasteiger partial charge >= 0.3 is 0 Å². The predicted molar refractivity (Wildman–Crippen MR) is 103 cm³/mol. The highest BCUT2D eigenvalue weighted by atomic mass is 127. The number of hydrogen-bond acceptors (Lipinski definition) is 5. The maximum Gasteiger partial charge on any atom is 0.191 e. The molecule has 0 aliphatic rings. The van der Waals surface area contributed by atoms with Crippen LogP contribution in [0.15, 0.2) is 4.99 Å². The Bertz CT molecular complexity index is 404. The van der Waals surface area contributed by atoms with Crippen molar-refractivity contribution < 1.29 is 13.2 Å². The second-order valence-electron chi connectivity index (χ2n) is 5.26. The Morgan fingerprint density at radius 3 is 2.50 bits per heavy atom. The largest absolute Gasteiger partial charge is 0.383 e. The molecule has 0 aromatic rings. The molecule has 0 aromatic carbocycles. The first-order chi connectivity index (χ1) is 9.78. The van der Waals surface area contributed by atoms with E-state index in [1.54, 1.807) is 14.2 Å². The van der Waals surface area contributed by atoms with Crippen LogP contribution in [0.4, 0.5) is 0 Å². The van der Waals surface area contributed by atoms with Crippen LogP contribution in [-0.4, -0.2) is 84.8 Å². The highest BCUT2D eigenvalue weighted by Crippen LogP contribution is 1.95. The van der Waals surface area contributed by atoms with Crippen LogP contribution in [0.1, 0.15) is 13.3 Å². The van der Waals surface area contributed by atoms with Crippen molar-refractivity contribution >= 4 is 39.8 Å². The van der Waals surface area contributed by atoms with Crippen molar-refractivity contribution in [2.45, 2.75) is 19.4 Å². The zero-order valence-electron chi connectivity index (χ0n) is 14.3. The van der Waals surface area contributed by atoms with Gasteiger partial charge in [0, 0.05) is 46.1 Å². The van der Waals surface area contributed by atoms with Gasteiger partial charge in [0.15, 0.2) is 5.96 Å². The molecule has 0 radical (unpaired) electrons. The number of rotatable bonds is 10. The fourth-order valence-electron chi connectivity index (χ4n) is 1.62. The van der Waals surface area contributed by atoms with Crippen LogP contribution in [0.25, 0.3) is 0 Å². The second kappa shape index (κ2) is 13.3. The molecule has 0 aliphatic heterocycles. The lowest BCUT2D eigenvalue weighted by atomic mass is 10.3. The molecule has 134 valence electrons. The van der Waals surface area contributed by atoms with E-state index in [1.807, 2.05) is 14.0 Å². The topological polar surface area (TPSA) is 83.0 Å². The number of methoxy groups -OCH3 is 1. The summed E-state index contributed by atoms with van der Waals surface area (Å²) >= 11 is 0. The molecular formula is C13H31IN4O3S. The van der Waals surface area contributed by atoms with E-state index in [4.69, 9.17) is 4.74 Å². The third kappa shape index (κ3) is 14.8. The zero-order valence-corrected chi connectivity index (χ0v) is 17.4. The van der Waals surface area contributed by atoms with Gasteiger partial charge in [0.05, 0.1) is 12.4 Å². The van der Waals surface area contributed by atoms with Crippen LogP contribution in [0.2, 0.25) is 0 Å². The number of halogens is 1. The molecule has 1 unspecified atom stereocenters. The van der Waals surface area contributed by atoms with E-state index >= 15 is 0 Å². The van der Waals surface area contributed by atoms with E-state index in [0.29, 0.717) is 19.0 Å². The number of aliphatic imine (C=N–C) groups is 1. The first-order valence-electron chi connectivity index (χ1n) is 7.11. The summed E-state index contributed by atoms with van der Waals surface area (Å²) in [6.07, 6.45) is 1.82. The van der Waals surface area contributed by atoms with Gasteiger partial charge in [0.1, 0.15) is 9.84 Å². The maximum atomic E-state index is 11.1. The van der Waals surface area contributed by atoms with Gasteiger partial charge in [-0.2, -0.15) is 0 Å². The van der Waals surface area contributed by atoms with Gasteiger partial charge in [0.2, 0.25) is 0 Å². The fraction of sp³-hybridized carbons (Fsp3) is 0.923. The molecule has 1 atom stereocenters. The van der Waals surface area contributed by atoms with Crippen LogP contribution in [0.3, 0.4) is 0 Å². The summed E-state index contributed by atoms with van der Waals surface area (Å²) in [4.78, 5) is 6.30. The van der Waals surface area contributed by atoms with Gasteiger partial charge in [-0.05, 0) is 20.4 Å². The minimum absolute atomic E-state index is 0. The van der Waals surface area contributed by atoms with Crippen molar-refractivity contribution in [2.24, 2.45) is 4.99 Å². The number of sulfone groups is 1. The van der Waals surface area contributed by atoms with Gasteiger partial charge in [-0.25, -0.2) is 8.42 Å². The van der Waals surface area contributed by atoms with E-state index in [2.05, 4.69) is 20.5 Å². The first-order valence-corrected chi connectivity index (χ1v) is 9.17. The monoisotopic (exact) mass is 450 g/mol. The molecule has 22 heavy (non-hydrogen) atoms. The van der Waals surface area contributed by atoms with E-state index in [9.17, 15) is 8.42 Å². The van der Waals surface area contributed by atoms with Crippen molar-refractivity contribution in [1.82, 2.24) is 15.5 Å². The molecule has 7 nitrogen and oxygen atoms in total. The minimum atomic E-state index is -2.92. The molecule has 0 saturated carbocycles. The number of nitrogens with one attached hydrogen (secondary N) is 2. The average Bonchev–Trinajstić information content (AvgIpc) is 2.41. The molecule has 0 spiro atoms. The number of hydrogen-bond donors (Lipinski definition) is 2. The highest BCUT2D eigenvalue weighted by Gasteiger charge is 2.09. The Morgan fingerprint density at radius 1 is 1.36 bits per heavy atom. The number of nitrogens with zero attached hydrogens (tertiary/aromatic N) is 2. The Balaban J connectivity index is 0. The summed E-state index contributed by atoms with van der Waals surface area (Å²) in [7, 11) is 2.51. The quantitative estimate of drug-likeness (QED) is 0.281. The fourth-order valence-corrected chi connectivity index (χ4v) is 2.40. The van der Waals surface area contributed by atoms with Crippen LogP contribution < -0.4 is 10.6 Å². The first kappa shape index (κ1) is 24.1. The molecular weight excluding hydrogens is 419 g/mol. The summed E-state index contributed by atoms with van der Waals surface area (Å²) < 4.78 is 27.3. The smallest absolute Gasteiger partial charge is 0.191 e. The van der Waals surface area contributed by atoms with Crippen molar-refractivity contribution in [3.8, 4) is 0 Å². The third-order valence-electron chi connectivity index (χ3n) is 2.99. The Labute approximate surface area is 152 Å². The molecule has 0 fully saturated rings. The lowest BCUT2D eigenvalue weighted by Gasteiger charge is -2.20. The highest BCUT2D eigenvalue weighted by molar-refractivity contribution is 14.0. The van der Waals surface area contributed by atoms with E-state index in [1.165, 1.54) is 6.26 Å². The molecule has 0 bridgehead atoms. The summed E-state index contributed by atoms with van der Waals surface area (Å²) in [6.45, 7) is 5.18. The Morgan fingerprint density at radius 2 is 2.00 bits per heavy atom. The van der Waals surface area contributed by atoms with Crippen LogP contribution in [0.5, 0.6) is 0 Å².